The van der Waals surface area contributed by atoms with Crippen molar-refractivity contribution in [3.63, 3.8) is 0 Å². The van der Waals surface area contributed by atoms with Gasteiger partial charge in [0, 0.05) is 24.0 Å². The Morgan fingerprint density at radius 1 is 1.40 bits per heavy atom. The number of halogens is 1. The van der Waals surface area contributed by atoms with Crippen molar-refractivity contribution in [2.24, 2.45) is 0 Å². The maximum Gasteiger partial charge on any atom is 0.328 e. The summed E-state index contributed by atoms with van der Waals surface area (Å²) in [6, 6.07) is 8.84. The molecular weight excluding hydrogens is 278 g/mol. The van der Waals surface area contributed by atoms with E-state index in [1.807, 2.05) is 12.1 Å². The van der Waals surface area contributed by atoms with E-state index in [-0.39, 0.29) is 0 Å². The molecule has 102 valence electrons. The number of aromatic nitrogens is 1. The summed E-state index contributed by atoms with van der Waals surface area (Å²) >= 11 is 6.09. The molecule has 2 aromatic rings. The monoisotopic (exact) mass is 289 g/mol. The molecule has 0 aliphatic heterocycles. The second-order valence-corrected chi connectivity index (χ2v) is 4.42. The molecule has 20 heavy (non-hydrogen) atoms. The van der Waals surface area contributed by atoms with Crippen LogP contribution in [0, 0.1) is 0 Å². The number of hydrogen-bond acceptors (Lipinski definition) is 3. The molecule has 0 unspecified atom stereocenters. The Morgan fingerprint density at radius 3 is 2.90 bits per heavy atom. The zero-order valence-electron chi connectivity index (χ0n) is 10.5. The van der Waals surface area contributed by atoms with E-state index in [1.54, 1.807) is 30.6 Å². The van der Waals surface area contributed by atoms with Gasteiger partial charge in [-0.2, -0.15) is 0 Å². The van der Waals surface area contributed by atoms with Gasteiger partial charge in [0.15, 0.2) is 0 Å². The van der Waals surface area contributed by atoms with Gasteiger partial charge in [-0.25, -0.2) is 4.79 Å². The zero-order valence-corrected chi connectivity index (χ0v) is 11.2. The molecule has 1 aromatic heterocycles. The van der Waals surface area contributed by atoms with Crippen LogP contribution in [-0.2, 0) is 11.4 Å². The molecule has 0 aliphatic rings. The van der Waals surface area contributed by atoms with Crippen molar-refractivity contribution < 1.29 is 14.6 Å². The first kappa shape index (κ1) is 14.1. The van der Waals surface area contributed by atoms with E-state index in [9.17, 15) is 4.79 Å². The van der Waals surface area contributed by atoms with Crippen LogP contribution in [-0.4, -0.2) is 16.1 Å². The normalized spacial score (nSPS) is 10.7. The molecule has 0 bridgehead atoms. The zero-order chi connectivity index (χ0) is 14.4. The average molecular weight is 290 g/mol. The van der Waals surface area contributed by atoms with Gasteiger partial charge in [-0.15, -0.1) is 0 Å². The maximum absolute atomic E-state index is 10.4. The Kier molecular flexibility index (Phi) is 4.74. The predicted octanol–water partition coefficient (Wildman–Crippen LogP) is 3.41. The molecule has 5 heteroatoms. The molecular formula is C15H12ClNO3. The van der Waals surface area contributed by atoms with E-state index >= 15 is 0 Å². The number of hydrogen-bond donors (Lipinski definition) is 1. The minimum Gasteiger partial charge on any atom is -0.487 e. The third-order valence-corrected chi connectivity index (χ3v) is 2.79. The van der Waals surface area contributed by atoms with E-state index in [2.05, 4.69) is 4.98 Å². The first-order chi connectivity index (χ1) is 9.65. The Hall–Kier alpha value is -2.33. The largest absolute Gasteiger partial charge is 0.487 e. The molecule has 0 saturated heterocycles. The molecule has 0 saturated carbocycles. The quantitative estimate of drug-likeness (QED) is 0.857. The smallest absolute Gasteiger partial charge is 0.328 e. The van der Waals surface area contributed by atoms with Crippen molar-refractivity contribution in [3.8, 4) is 5.75 Å². The number of aliphatic carboxylic acids is 1. The molecule has 1 heterocycles. The van der Waals surface area contributed by atoms with Crippen LogP contribution in [0.1, 0.15) is 11.1 Å². The highest BCUT2D eigenvalue weighted by atomic mass is 35.5. The summed E-state index contributed by atoms with van der Waals surface area (Å²) in [5.74, 6) is -0.457. The summed E-state index contributed by atoms with van der Waals surface area (Å²) in [6.45, 7) is 0.373. The van der Waals surface area contributed by atoms with Gasteiger partial charge < -0.3 is 9.84 Å². The van der Waals surface area contributed by atoms with Gasteiger partial charge in [-0.3, -0.25) is 4.98 Å². The van der Waals surface area contributed by atoms with Crippen LogP contribution in [0.2, 0.25) is 5.02 Å². The third-order valence-electron chi connectivity index (χ3n) is 2.49. The number of carbonyl (C=O) groups is 1. The summed E-state index contributed by atoms with van der Waals surface area (Å²) < 4.78 is 5.59. The van der Waals surface area contributed by atoms with E-state index in [4.69, 9.17) is 21.4 Å². The fraction of sp³-hybridized carbons (Fsp3) is 0.0667. The Balaban J connectivity index is 2.04. The van der Waals surface area contributed by atoms with Crippen molar-refractivity contribution in [1.29, 1.82) is 0 Å². The third kappa shape index (κ3) is 4.10. The molecule has 0 radical (unpaired) electrons. The van der Waals surface area contributed by atoms with Gasteiger partial charge >= 0.3 is 5.97 Å². The number of rotatable bonds is 5. The van der Waals surface area contributed by atoms with Gasteiger partial charge in [0.2, 0.25) is 0 Å². The second kappa shape index (κ2) is 6.73. The first-order valence-electron chi connectivity index (χ1n) is 5.87. The highest BCUT2D eigenvalue weighted by molar-refractivity contribution is 6.32. The van der Waals surface area contributed by atoms with E-state index in [1.165, 1.54) is 6.08 Å². The molecule has 2 rings (SSSR count). The summed E-state index contributed by atoms with van der Waals surface area (Å²) in [4.78, 5) is 14.4. The molecule has 0 fully saturated rings. The molecule has 1 N–H and O–H groups in total. The fourth-order valence-corrected chi connectivity index (χ4v) is 1.79. The highest BCUT2D eigenvalue weighted by Crippen LogP contribution is 2.26. The van der Waals surface area contributed by atoms with E-state index < -0.39 is 5.97 Å². The van der Waals surface area contributed by atoms with Crippen LogP contribution in [0.4, 0.5) is 0 Å². The first-order valence-corrected chi connectivity index (χ1v) is 6.25. The van der Waals surface area contributed by atoms with E-state index in [0.717, 1.165) is 11.6 Å². The van der Waals surface area contributed by atoms with Gasteiger partial charge in [0.05, 0.1) is 5.02 Å². The topological polar surface area (TPSA) is 59.4 Å². The Morgan fingerprint density at radius 2 is 2.25 bits per heavy atom. The molecule has 0 atom stereocenters. The number of benzene rings is 1. The maximum atomic E-state index is 10.4. The van der Waals surface area contributed by atoms with Gasteiger partial charge in [0.1, 0.15) is 12.4 Å². The lowest BCUT2D eigenvalue weighted by molar-refractivity contribution is -0.131. The van der Waals surface area contributed by atoms with Crippen LogP contribution in [0.3, 0.4) is 0 Å². The van der Waals surface area contributed by atoms with Crippen LogP contribution in [0.25, 0.3) is 6.08 Å². The minimum absolute atomic E-state index is 0.373. The fourth-order valence-electron chi connectivity index (χ4n) is 1.55. The van der Waals surface area contributed by atoms with Crippen molar-refractivity contribution >= 4 is 23.6 Å². The predicted molar refractivity (Wildman–Crippen MR) is 76.7 cm³/mol. The highest BCUT2D eigenvalue weighted by Gasteiger charge is 2.03. The van der Waals surface area contributed by atoms with Crippen molar-refractivity contribution in [3.05, 3.63) is 65.0 Å². The minimum atomic E-state index is -1.00. The number of carboxylic acid groups (broad SMARTS) is 1. The number of ether oxygens (including phenoxy) is 1. The van der Waals surface area contributed by atoms with Crippen LogP contribution < -0.4 is 4.74 Å². The molecule has 4 nitrogen and oxygen atoms in total. The molecule has 1 aromatic carbocycles. The number of carboxylic acids is 1. The van der Waals surface area contributed by atoms with Gasteiger partial charge in [-0.05, 0) is 29.8 Å². The summed E-state index contributed by atoms with van der Waals surface area (Å²) in [7, 11) is 0. The lowest BCUT2D eigenvalue weighted by Gasteiger charge is -2.08. The molecule has 0 amide bonds. The van der Waals surface area contributed by atoms with Crippen LogP contribution in [0.5, 0.6) is 5.75 Å². The van der Waals surface area contributed by atoms with Crippen LogP contribution in [0.15, 0.2) is 48.8 Å². The number of pyridine rings is 1. The lowest BCUT2D eigenvalue weighted by atomic mass is 10.2. The molecule has 0 spiro atoms. The lowest BCUT2D eigenvalue weighted by Crippen LogP contribution is -1.96. The SMILES string of the molecule is O=C(O)C=Cc1ccc(OCc2cccnc2)c(Cl)c1. The van der Waals surface area contributed by atoms with Crippen molar-refractivity contribution in [1.82, 2.24) is 4.98 Å². The van der Waals surface area contributed by atoms with Crippen LogP contribution >= 0.6 is 11.6 Å². The van der Waals surface area contributed by atoms with Gasteiger partial charge in [-0.1, -0.05) is 23.7 Å². The van der Waals surface area contributed by atoms with Gasteiger partial charge in [0.25, 0.3) is 0 Å². The standard InChI is InChI=1S/C15H12ClNO3/c16-13-8-11(4-6-15(18)19)3-5-14(13)20-10-12-2-1-7-17-9-12/h1-9H,10H2,(H,18,19). The Bertz CT molecular complexity index is 626. The summed E-state index contributed by atoms with van der Waals surface area (Å²) in [5, 5.41) is 8.99. The van der Waals surface area contributed by atoms with E-state index in [0.29, 0.717) is 22.9 Å². The average Bonchev–Trinajstić information content (AvgIpc) is 2.45. The summed E-state index contributed by atoms with van der Waals surface area (Å²) in [6.07, 6.45) is 5.94. The summed E-state index contributed by atoms with van der Waals surface area (Å²) in [5.41, 5.74) is 1.64. The molecule has 0 aliphatic carbocycles. The number of nitrogens with zero attached hydrogens (tertiary/aromatic N) is 1. The Labute approximate surface area is 121 Å². The van der Waals surface area contributed by atoms with Crippen molar-refractivity contribution in [2.75, 3.05) is 0 Å². The second-order valence-electron chi connectivity index (χ2n) is 4.01. The van der Waals surface area contributed by atoms with Crippen molar-refractivity contribution in [2.45, 2.75) is 6.61 Å².